The van der Waals surface area contributed by atoms with Crippen LogP contribution in [-0.4, -0.2) is 4.57 Å². The van der Waals surface area contributed by atoms with Gasteiger partial charge in [0.1, 0.15) is 0 Å². The first-order valence-electron chi connectivity index (χ1n) is 24.1. The summed E-state index contributed by atoms with van der Waals surface area (Å²) in [6.45, 7) is 31.3. The summed E-state index contributed by atoms with van der Waals surface area (Å²) in [5.41, 5.74) is 15.5. The lowest BCUT2D eigenvalue weighted by Crippen LogP contribution is -1.99. The molecule has 9 aromatic rings. The normalized spacial score (nSPS) is 11.2. The Hall–Kier alpha value is -6.96. The highest BCUT2D eigenvalue weighted by atomic mass is 14.9. The van der Waals surface area contributed by atoms with Crippen molar-refractivity contribution in [3.05, 3.63) is 211 Å². The fourth-order valence-corrected chi connectivity index (χ4v) is 8.96. The lowest BCUT2D eigenvalue weighted by atomic mass is 9.85. The van der Waals surface area contributed by atoms with Crippen molar-refractivity contribution in [3.63, 3.8) is 0 Å². The molecular formula is C65H71N. The van der Waals surface area contributed by atoms with Gasteiger partial charge in [0.2, 0.25) is 0 Å². The van der Waals surface area contributed by atoms with Crippen molar-refractivity contribution in [2.75, 3.05) is 0 Å². The predicted molar refractivity (Wildman–Crippen MR) is 301 cm³/mol. The minimum atomic E-state index is 0.915. The first-order valence-corrected chi connectivity index (χ1v) is 24.1. The molecule has 1 heteroatoms. The molecule has 0 unspecified atom stereocenters. The Morgan fingerprint density at radius 1 is 0.500 bits per heavy atom. The number of benzene rings is 8. The van der Waals surface area contributed by atoms with Gasteiger partial charge in [-0.25, -0.2) is 0 Å². The summed E-state index contributed by atoms with van der Waals surface area (Å²) >= 11 is 0. The molecule has 0 radical (unpaired) electrons. The van der Waals surface area contributed by atoms with Gasteiger partial charge in [-0.3, -0.25) is 0 Å². The largest absolute Gasteiger partial charge is 0.344 e. The molecule has 0 aliphatic carbocycles. The third kappa shape index (κ3) is 9.97. The number of aromatic nitrogens is 1. The first-order chi connectivity index (χ1) is 32.3. The van der Waals surface area contributed by atoms with Crippen LogP contribution in [0.25, 0.3) is 93.6 Å². The molecule has 8 aromatic carbocycles. The molecule has 0 aliphatic rings. The summed E-state index contributed by atoms with van der Waals surface area (Å²) in [6, 6.07) is 51.7. The first kappa shape index (κ1) is 50.0. The average Bonchev–Trinajstić information content (AvgIpc) is 3.66. The van der Waals surface area contributed by atoms with E-state index in [9.17, 15) is 0 Å². The number of hydrogen-bond acceptors (Lipinski definition) is 0. The molecule has 0 bridgehead atoms. The quantitative estimate of drug-likeness (QED) is 0.0815. The minimum absolute atomic E-state index is 0.915. The van der Waals surface area contributed by atoms with Crippen molar-refractivity contribution in [3.8, 4) is 22.3 Å². The summed E-state index contributed by atoms with van der Waals surface area (Å²) in [6.07, 6.45) is 13.3. The van der Waals surface area contributed by atoms with E-state index in [0.717, 1.165) is 23.1 Å². The molecule has 0 fully saturated rings. The number of fused-ring (bicyclic) bond motifs is 9. The van der Waals surface area contributed by atoms with Crippen molar-refractivity contribution in [2.24, 2.45) is 7.05 Å². The number of nitrogens with zero attached hydrogens (tertiary/aromatic N) is 1. The molecule has 0 spiro atoms. The molecular weight excluding hydrogens is 795 g/mol. The van der Waals surface area contributed by atoms with Crippen LogP contribution in [0.1, 0.15) is 97.1 Å². The summed E-state index contributed by atoms with van der Waals surface area (Å²) < 4.78 is 2.33. The third-order valence-corrected chi connectivity index (χ3v) is 12.1. The fraction of sp³-hybridized carbons (Fsp3) is 0.200. The van der Waals surface area contributed by atoms with Crippen LogP contribution in [0.5, 0.6) is 0 Å². The zero-order chi connectivity index (χ0) is 47.9. The molecule has 336 valence electrons. The number of rotatable bonds is 8. The second kappa shape index (κ2) is 23.8. The van der Waals surface area contributed by atoms with E-state index in [-0.39, 0.29) is 0 Å². The van der Waals surface area contributed by atoms with Crippen LogP contribution >= 0.6 is 0 Å². The van der Waals surface area contributed by atoms with E-state index in [2.05, 4.69) is 197 Å². The van der Waals surface area contributed by atoms with Crippen LogP contribution in [0.2, 0.25) is 0 Å². The summed E-state index contributed by atoms with van der Waals surface area (Å²) in [5.74, 6) is 0. The van der Waals surface area contributed by atoms with E-state index in [1.54, 1.807) is 0 Å². The van der Waals surface area contributed by atoms with E-state index in [1.165, 1.54) is 98.6 Å². The Balaban J connectivity index is 0.000000758. The van der Waals surface area contributed by atoms with Gasteiger partial charge in [0.25, 0.3) is 0 Å². The van der Waals surface area contributed by atoms with Gasteiger partial charge >= 0.3 is 0 Å². The van der Waals surface area contributed by atoms with E-state index >= 15 is 0 Å². The Morgan fingerprint density at radius 2 is 1.00 bits per heavy atom. The molecule has 1 aromatic heterocycles. The lowest BCUT2D eigenvalue weighted by molar-refractivity contribution is 1.01. The summed E-state index contributed by atoms with van der Waals surface area (Å²) in [4.78, 5) is 0. The monoisotopic (exact) mass is 866 g/mol. The SMILES string of the molecule is C/C=C\C.C=Cc1cccc(/C(=C/C=C\C)C(=C)c2cc3c4cc(-c5cccc(-c6ccc7c8ccccc8c8ccccc8c7c6)c5)ccc4n(C)c3cc2C)c1CC.CC.CC.CC. The van der Waals surface area contributed by atoms with Crippen LogP contribution in [0.4, 0.5) is 0 Å². The summed E-state index contributed by atoms with van der Waals surface area (Å²) in [5, 5.41) is 10.2. The molecule has 0 N–H and O–H groups in total. The zero-order valence-electron chi connectivity index (χ0n) is 41.8. The number of aryl methyl sites for hydroxylation is 2. The minimum Gasteiger partial charge on any atom is -0.344 e. The lowest BCUT2D eigenvalue weighted by Gasteiger charge is -2.18. The van der Waals surface area contributed by atoms with Crippen LogP contribution in [0, 0.1) is 6.92 Å². The maximum absolute atomic E-state index is 4.76. The molecule has 1 heterocycles. The topological polar surface area (TPSA) is 4.93 Å². The van der Waals surface area contributed by atoms with Gasteiger partial charge in [0.05, 0.1) is 0 Å². The fourth-order valence-electron chi connectivity index (χ4n) is 8.96. The third-order valence-electron chi connectivity index (χ3n) is 12.1. The van der Waals surface area contributed by atoms with Gasteiger partial charge in [0.15, 0.2) is 0 Å². The zero-order valence-corrected chi connectivity index (χ0v) is 41.8. The Morgan fingerprint density at radius 3 is 1.55 bits per heavy atom. The average molecular weight is 866 g/mol. The van der Waals surface area contributed by atoms with E-state index in [1.807, 2.05) is 73.6 Å². The predicted octanol–water partition coefficient (Wildman–Crippen LogP) is 20.0. The molecule has 0 atom stereocenters. The second-order valence-corrected chi connectivity index (χ2v) is 15.6. The van der Waals surface area contributed by atoms with Crippen LogP contribution in [0.15, 0.2) is 183 Å². The van der Waals surface area contributed by atoms with E-state index in [0.29, 0.717) is 0 Å². The highest BCUT2D eigenvalue weighted by molar-refractivity contribution is 6.25. The van der Waals surface area contributed by atoms with Crippen molar-refractivity contribution in [1.82, 2.24) is 4.57 Å². The van der Waals surface area contributed by atoms with Gasteiger partial charge in [-0.15, -0.1) is 0 Å². The molecule has 1 nitrogen and oxygen atoms in total. The highest BCUT2D eigenvalue weighted by Crippen LogP contribution is 2.41. The maximum atomic E-state index is 4.76. The highest BCUT2D eigenvalue weighted by Gasteiger charge is 2.18. The van der Waals surface area contributed by atoms with Crippen molar-refractivity contribution >= 4 is 71.3 Å². The smallest absolute Gasteiger partial charge is 0.0491 e. The number of allylic oxidation sites excluding steroid dienone is 7. The Bertz CT molecular complexity index is 3170. The van der Waals surface area contributed by atoms with Crippen molar-refractivity contribution in [1.29, 1.82) is 0 Å². The van der Waals surface area contributed by atoms with Gasteiger partial charge in [0, 0.05) is 28.9 Å². The van der Waals surface area contributed by atoms with Gasteiger partial charge in [-0.2, -0.15) is 0 Å². The maximum Gasteiger partial charge on any atom is 0.0491 e. The Labute approximate surface area is 396 Å². The second-order valence-electron chi connectivity index (χ2n) is 15.6. The molecule has 0 saturated carbocycles. The van der Waals surface area contributed by atoms with Crippen LogP contribution in [0.3, 0.4) is 0 Å². The van der Waals surface area contributed by atoms with Crippen molar-refractivity contribution in [2.45, 2.75) is 82.6 Å². The molecule has 9 rings (SSSR count). The summed E-state index contributed by atoms with van der Waals surface area (Å²) in [7, 11) is 2.18. The molecule has 0 amide bonds. The number of hydrogen-bond donors (Lipinski definition) is 0. The van der Waals surface area contributed by atoms with Gasteiger partial charge in [-0.05, 0) is 164 Å². The standard InChI is InChI=1S/C55H45N.C4H8.3C2H6/c1-7-10-20-43(44-25-16-17-37(8-2)42(44)9-3)36(5)50-34-53-52-33-41(27-29-54(52)56(6)55(53)30-35(50)4)39-19-15-18-38(31-39)40-26-28-49-47-23-12-11-21-45(47)46-22-13-14-24-48(46)51(49)32-40;1-3-4-2;3*1-2/h7-8,10-34H,2,5,9H2,1,3-4,6H3;3-4H,1-2H3;3*1-2H3/b10-7-,43-20+;4-3-;;;. The van der Waals surface area contributed by atoms with E-state index in [4.69, 9.17) is 6.58 Å². The Kier molecular flexibility index (Phi) is 18.1. The van der Waals surface area contributed by atoms with E-state index < -0.39 is 0 Å². The van der Waals surface area contributed by atoms with Gasteiger partial charge < -0.3 is 4.57 Å². The van der Waals surface area contributed by atoms with Gasteiger partial charge in [-0.1, -0.05) is 201 Å². The van der Waals surface area contributed by atoms with Crippen LogP contribution < -0.4 is 0 Å². The van der Waals surface area contributed by atoms with Crippen LogP contribution in [-0.2, 0) is 13.5 Å². The molecule has 66 heavy (non-hydrogen) atoms. The molecule has 0 saturated heterocycles. The van der Waals surface area contributed by atoms with Crippen molar-refractivity contribution < 1.29 is 0 Å². The molecule has 0 aliphatic heterocycles.